The van der Waals surface area contributed by atoms with E-state index in [0.717, 1.165) is 31.7 Å². The van der Waals surface area contributed by atoms with Crippen molar-refractivity contribution in [2.24, 2.45) is 11.8 Å². The Labute approximate surface area is 134 Å². The second-order valence-electron chi connectivity index (χ2n) is 6.90. The largest absolute Gasteiger partial charge is 0.356 e. The molecule has 2 rings (SSSR count). The average molecular weight is 330 g/mol. The van der Waals surface area contributed by atoms with Gasteiger partial charge in [-0.25, -0.2) is 12.7 Å². The van der Waals surface area contributed by atoms with Crippen LogP contribution in [-0.2, 0) is 14.8 Å². The van der Waals surface area contributed by atoms with Gasteiger partial charge in [0.25, 0.3) is 0 Å². The second-order valence-corrected chi connectivity index (χ2v) is 8.88. The first-order valence-corrected chi connectivity index (χ1v) is 10.5. The number of hydrogen-bond donors (Lipinski definition) is 1. The van der Waals surface area contributed by atoms with Gasteiger partial charge in [-0.1, -0.05) is 38.5 Å². The molecule has 2 aliphatic rings. The van der Waals surface area contributed by atoms with Gasteiger partial charge in [0.05, 0.1) is 12.2 Å². The molecule has 1 amide bonds. The molecule has 1 saturated carbocycles. The molecule has 6 heteroatoms. The zero-order chi connectivity index (χ0) is 16.0. The van der Waals surface area contributed by atoms with Crippen molar-refractivity contribution in [1.82, 2.24) is 9.62 Å². The lowest BCUT2D eigenvalue weighted by atomic mass is 9.96. The van der Waals surface area contributed by atoms with E-state index in [4.69, 9.17) is 0 Å². The Morgan fingerprint density at radius 2 is 1.77 bits per heavy atom. The van der Waals surface area contributed by atoms with Gasteiger partial charge in [-0.2, -0.15) is 0 Å². The molecule has 2 fully saturated rings. The van der Waals surface area contributed by atoms with Crippen LogP contribution in [0.15, 0.2) is 0 Å². The van der Waals surface area contributed by atoms with Crippen molar-refractivity contribution in [2.45, 2.75) is 57.8 Å². The van der Waals surface area contributed by atoms with E-state index < -0.39 is 10.0 Å². The number of piperidine rings is 1. The normalized spacial score (nSPS) is 25.6. The standard InChI is InChI=1S/C16H30N2O3S/c1-22(20,21)18-12-6-9-15(13-18)16(19)17-11-10-14-7-4-2-3-5-8-14/h14-15H,2-13H2,1H3,(H,17,19). The van der Waals surface area contributed by atoms with Gasteiger partial charge in [-0.15, -0.1) is 0 Å². The lowest BCUT2D eigenvalue weighted by molar-refractivity contribution is -0.126. The lowest BCUT2D eigenvalue weighted by Crippen LogP contribution is -2.45. The highest BCUT2D eigenvalue weighted by molar-refractivity contribution is 7.88. The quantitative estimate of drug-likeness (QED) is 0.785. The maximum atomic E-state index is 12.2. The van der Waals surface area contributed by atoms with E-state index in [2.05, 4.69) is 5.32 Å². The Hall–Kier alpha value is -0.620. The highest BCUT2D eigenvalue weighted by Gasteiger charge is 2.30. The molecule has 5 nitrogen and oxygen atoms in total. The fourth-order valence-corrected chi connectivity index (χ4v) is 4.57. The first-order valence-electron chi connectivity index (χ1n) is 8.69. The first kappa shape index (κ1) is 17.7. The minimum atomic E-state index is -3.18. The number of sulfonamides is 1. The number of carbonyl (C=O) groups is 1. The maximum absolute atomic E-state index is 12.2. The summed E-state index contributed by atoms with van der Waals surface area (Å²) in [7, 11) is -3.18. The zero-order valence-electron chi connectivity index (χ0n) is 13.7. The van der Waals surface area contributed by atoms with Crippen molar-refractivity contribution in [2.75, 3.05) is 25.9 Å². The summed E-state index contributed by atoms with van der Waals surface area (Å²) < 4.78 is 24.6. The Morgan fingerprint density at radius 3 is 2.41 bits per heavy atom. The van der Waals surface area contributed by atoms with Crippen LogP contribution >= 0.6 is 0 Å². The number of nitrogens with one attached hydrogen (secondary N) is 1. The number of nitrogens with zero attached hydrogens (tertiary/aromatic N) is 1. The molecule has 1 N–H and O–H groups in total. The van der Waals surface area contributed by atoms with E-state index in [1.54, 1.807) is 0 Å². The molecule has 0 aromatic heterocycles. The summed E-state index contributed by atoms with van der Waals surface area (Å²) in [6, 6.07) is 0. The molecule has 0 aromatic rings. The maximum Gasteiger partial charge on any atom is 0.224 e. The Kier molecular flexibility index (Phi) is 6.68. The summed E-state index contributed by atoms with van der Waals surface area (Å²) in [6.45, 7) is 1.62. The molecule has 1 heterocycles. The molecule has 22 heavy (non-hydrogen) atoms. The van der Waals surface area contributed by atoms with Crippen molar-refractivity contribution in [1.29, 1.82) is 0 Å². The van der Waals surface area contributed by atoms with Crippen LogP contribution < -0.4 is 5.32 Å². The van der Waals surface area contributed by atoms with E-state index in [9.17, 15) is 13.2 Å². The topological polar surface area (TPSA) is 66.5 Å². The van der Waals surface area contributed by atoms with Gasteiger partial charge >= 0.3 is 0 Å². The molecule has 1 atom stereocenters. The third-order valence-corrected chi connectivity index (χ3v) is 6.32. The highest BCUT2D eigenvalue weighted by Crippen LogP contribution is 2.25. The van der Waals surface area contributed by atoms with E-state index in [-0.39, 0.29) is 11.8 Å². The lowest BCUT2D eigenvalue weighted by Gasteiger charge is -2.30. The third kappa shape index (κ3) is 5.54. The van der Waals surface area contributed by atoms with Crippen LogP contribution in [0.4, 0.5) is 0 Å². The van der Waals surface area contributed by atoms with Crippen LogP contribution in [0.1, 0.15) is 57.8 Å². The van der Waals surface area contributed by atoms with Crippen molar-refractivity contribution < 1.29 is 13.2 Å². The Morgan fingerprint density at radius 1 is 1.09 bits per heavy atom. The molecular weight excluding hydrogens is 300 g/mol. The number of hydrogen-bond acceptors (Lipinski definition) is 3. The molecule has 0 radical (unpaired) electrons. The van der Waals surface area contributed by atoms with E-state index >= 15 is 0 Å². The zero-order valence-corrected chi connectivity index (χ0v) is 14.5. The third-order valence-electron chi connectivity index (χ3n) is 5.05. The fourth-order valence-electron chi connectivity index (χ4n) is 3.65. The summed E-state index contributed by atoms with van der Waals surface area (Å²) in [5.41, 5.74) is 0. The summed E-state index contributed by atoms with van der Waals surface area (Å²) in [5, 5.41) is 3.03. The van der Waals surface area contributed by atoms with Crippen LogP contribution in [-0.4, -0.2) is 44.5 Å². The Balaban J connectivity index is 1.72. The van der Waals surface area contributed by atoms with Gasteiger partial charge in [0.15, 0.2) is 0 Å². The van der Waals surface area contributed by atoms with Crippen LogP contribution in [0, 0.1) is 11.8 Å². The monoisotopic (exact) mass is 330 g/mol. The summed E-state index contributed by atoms with van der Waals surface area (Å²) in [6.07, 6.45) is 11.8. The Bertz CT molecular complexity index is 456. The van der Waals surface area contributed by atoms with Crippen molar-refractivity contribution >= 4 is 15.9 Å². The molecular formula is C16H30N2O3S. The van der Waals surface area contributed by atoms with Crippen molar-refractivity contribution in [3.8, 4) is 0 Å². The van der Waals surface area contributed by atoms with Crippen LogP contribution in [0.2, 0.25) is 0 Å². The first-order chi connectivity index (χ1) is 10.5. The molecule has 0 spiro atoms. The minimum Gasteiger partial charge on any atom is -0.356 e. The summed E-state index contributed by atoms with van der Waals surface area (Å²) in [5.74, 6) is 0.598. The SMILES string of the molecule is CS(=O)(=O)N1CCCC(C(=O)NCCC2CCCCCC2)C1. The highest BCUT2D eigenvalue weighted by atomic mass is 32.2. The van der Waals surface area contributed by atoms with Crippen LogP contribution in [0.5, 0.6) is 0 Å². The molecule has 1 aliphatic heterocycles. The predicted molar refractivity (Wildman–Crippen MR) is 88.0 cm³/mol. The van der Waals surface area contributed by atoms with Gasteiger partial charge in [0.1, 0.15) is 0 Å². The summed E-state index contributed by atoms with van der Waals surface area (Å²) >= 11 is 0. The van der Waals surface area contributed by atoms with Crippen molar-refractivity contribution in [3.05, 3.63) is 0 Å². The smallest absolute Gasteiger partial charge is 0.224 e. The second kappa shape index (κ2) is 8.29. The fraction of sp³-hybridized carbons (Fsp3) is 0.938. The van der Waals surface area contributed by atoms with E-state index in [1.165, 1.54) is 49.1 Å². The number of carbonyl (C=O) groups excluding carboxylic acids is 1. The minimum absolute atomic E-state index is 0.0296. The number of amides is 1. The van der Waals surface area contributed by atoms with Gasteiger partial charge in [0, 0.05) is 19.6 Å². The van der Waals surface area contributed by atoms with E-state index in [1.807, 2.05) is 0 Å². The molecule has 1 aliphatic carbocycles. The van der Waals surface area contributed by atoms with Gasteiger partial charge in [-0.3, -0.25) is 4.79 Å². The molecule has 1 unspecified atom stereocenters. The number of rotatable bonds is 5. The molecule has 1 saturated heterocycles. The molecule has 0 aromatic carbocycles. The van der Waals surface area contributed by atoms with Gasteiger partial charge in [0.2, 0.25) is 15.9 Å². The van der Waals surface area contributed by atoms with Crippen LogP contribution in [0.25, 0.3) is 0 Å². The average Bonchev–Trinajstić information content (AvgIpc) is 2.75. The molecule has 128 valence electrons. The van der Waals surface area contributed by atoms with Crippen LogP contribution in [0.3, 0.4) is 0 Å². The van der Waals surface area contributed by atoms with Gasteiger partial charge < -0.3 is 5.32 Å². The predicted octanol–water partition coefficient (Wildman–Crippen LogP) is 2.13. The van der Waals surface area contributed by atoms with E-state index in [0.29, 0.717) is 13.1 Å². The molecule has 0 bridgehead atoms. The van der Waals surface area contributed by atoms with Crippen molar-refractivity contribution in [3.63, 3.8) is 0 Å². The summed E-state index contributed by atoms with van der Waals surface area (Å²) in [4.78, 5) is 12.2. The van der Waals surface area contributed by atoms with Gasteiger partial charge in [-0.05, 0) is 25.2 Å².